The van der Waals surface area contributed by atoms with E-state index in [-0.39, 0.29) is 6.61 Å². The SMILES string of the molecule is C=C(C)/C(C)=C\C=C(/CC)NCCO. The Hall–Kier alpha value is -1.02. The lowest BCUT2D eigenvalue weighted by Crippen LogP contribution is -2.16. The van der Waals surface area contributed by atoms with Crippen LogP contribution in [-0.4, -0.2) is 18.3 Å². The van der Waals surface area contributed by atoms with E-state index >= 15 is 0 Å². The first kappa shape index (κ1) is 13.0. The van der Waals surface area contributed by atoms with Crippen molar-refractivity contribution in [3.8, 4) is 0 Å². The summed E-state index contributed by atoms with van der Waals surface area (Å²) in [5.74, 6) is 0. The van der Waals surface area contributed by atoms with Crippen LogP contribution < -0.4 is 5.32 Å². The van der Waals surface area contributed by atoms with Crippen LogP contribution in [-0.2, 0) is 0 Å². The second-order valence-corrected chi connectivity index (χ2v) is 3.33. The zero-order chi connectivity index (χ0) is 11.0. The van der Waals surface area contributed by atoms with E-state index in [2.05, 4.69) is 18.8 Å². The lowest BCUT2D eigenvalue weighted by Gasteiger charge is -2.06. The number of rotatable bonds is 6. The molecule has 0 saturated carbocycles. The van der Waals surface area contributed by atoms with Crippen molar-refractivity contribution < 1.29 is 5.11 Å². The molecule has 0 saturated heterocycles. The molecule has 0 atom stereocenters. The summed E-state index contributed by atoms with van der Waals surface area (Å²) in [7, 11) is 0. The summed E-state index contributed by atoms with van der Waals surface area (Å²) in [4.78, 5) is 0. The third kappa shape index (κ3) is 5.60. The molecule has 0 aromatic carbocycles. The van der Waals surface area contributed by atoms with Gasteiger partial charge in [0.15, 0.2) is 0 Å². The quantitative estimate of drug-likeness (QED) is 0.638. The minimum Gasteiger partial charge on any atom is -0.395 e. The highest BCUT2D eigenvalue weighted by atomic mass is 16.3. The van der Waals surface area contributed by atoms with Crippen molar-refractivity contribution in [3.63, 3.8) is 0 Å². The summed E-state index contributed by atoms with van der Waals surface area (Å²) in [5, 5.41) is 11.8. The van der Waals surface area contributed by atoms with Crippen LogP contribution in [0.5, 0.6) is 0 Å². The maximum Gasteiger partial charge on any atom is 0.0603 e. The molecule has 14 heavy (non-hydrogen) atoms. The van der Waals surface area contributed by atoms with E-state index in [0.717, 1.165) is 17.7 Å². The number of hydrogen-bond donors (Lipinski definition) is 2. The van der Waals surface area contributed by atoms with Gasteiger partial charge in [0.05, 0.1) is 6.61 Å². The van der Waals surface area contributed by atoms with E-state index in [4.69, 9.17) is 5.11 Å². The Morgan fingerprint density at radius 1 is 1.36 bits per heavy atom. The van der Waals surface area contributed by atoms with Gasteiger partial charge >= 0.3 is 0 Å². The van der Waals surface area contributed by atoms with Crippen molar-refractivity contribution in [3.05, 3.63) is 35.6 Å². The van der Waals surface area contributed by atoms with Gasteiger partial charge in [-0.05, 0) is 31.9 Å². The molecule has 0 heterocycles. The van der Waals surface area contributed by atoms with Crippen LogP contribution in [0.1, 0.15) is 27.2 Å². The summed E-state index contributed by atoms with van der Waals surface area (Å²) >= 11 is 0. The molecule has 0 aromatic rings. The Bertz CT molecular complexity index is 239. The van der Waals surface area contributed by atoms with Crippen molar-refractivity contribution in [2.24, 2.45) is 0 Å². The third-order valence-electron chi connectivity index (χ3n) is 2.05. The monoisotopic (exact) mass is 195 g/mol. The number of hydrogen-bond acceptors (Lipinski definition) is 2. The van der Waals surface area contributed by atoms with Gasteiger partial charge in [0, 0.05) is 12.2 Å². The van der Waals surface area contributed by atoms with Crippen LogP contribution in [0.3, 0.4) is 0 Å². The van der Waals surface area contributed by atoms with E-state index < -0.39 is 0 Å². The van der Waals surface area contributed by atoms with Gasteiger partial charge in [-0.2, -0.15) is 0 Å². The molecule has 0 amide bonds. The summed E-state index contributed by atoms with van der Waals surface area (Å²) < 4.78 is 0. The number of aliphatic hydroxyl groups excluding tert-OH is 1. The largest absolute Gasteiger partial charge is 0.395 e. The number of aliphatic hydroxyl groups is 1. The van der Waals surface area contributed by atoms with E-state index in [0.29, 0.717) is 6.54 Å². The maximum absolute atomic E-state index is 8.66. The minimum absolute atomic E-state index is 0.167. The van der Waals surface area contributed by atoms with E-state index in [1.54, 1.807) is 0 Å². The topological polar surface area (TPSA) is 32.3 Å². The Balaban J connectivity index is 4.29. The predicted octanol–water partition coefficient (Wildman–Crippen LogP) is 2.38. The van der Waals surface area contributed by atoms with Gasteiger partial charge in [0.1, 0.15) is 0 Å². The smallest absolute Gasteiger partial charge is 0.0603 e. The second-order valence-electron chi connectivity index (χ2n) is 3.33. The van der Waals surface area contributed by atoms with Crippen molar-refractivity contribution in [2.75, 3.05) is 13.2 Å². The first-order chi connectivity index (χ1) is 6.61. The third-order valence-corrected chi connectivity index (χ3v) is 2.05. The van der Waals surface area contributed by atoms with E-state index in [1.807, 2.05) is 26.0 Å². The summed E-state index contributed by atoms with van der Waals surface area (Å²) in [6, 6.07) is 0. The zero-order valence-electron chi connectivity index (χ0n) is 9.43. The zero-order valence-corrected chi connectivity index (χ0v) is 9.43. The maximum atomic E-state index is 8.66. The first-order valence-corrected chi connectivity index (χ1v) is 4.99. The van der Waals surface area contributed by atoms with Crippen molar-refractivity contribution in [1.29, 1.82) is 0 Å². The molecular formula is C12H21NO. The van der Waals surface area contributed by atoms with Gasteiger partial charge < -0.3 is 10.4 Å². The molecule has 0 aliphatic carbocycles. The normalized spacial score (nSPS) is 12.9. The molecule has 0 radical (unpaired) electrons. The summed E-state index contributed by atoms with van der Waals surface area (Å²) in [6.45, 7) is 10.8. The standard InChI is InChI=1S/C12H21NO/c1-5-12(13-8-9-14)7-6-11(4)10(2)3/h6-7,13-14H,2,5,8-9H2,1,3-4H3/b11-6-,12-7+. The molecule has 0 fully saturated rings. The van der Waals surface area contributed by atoms with Crippen LogP contribution in [0.15, 0.2) is 35.6 Å². The van der Waals surface area contributed by atoms with Gasteiger partial charge in [-0.1, -0.05) is 25.2 Å². The van der Waals surface area contributed by atoms with Gasteiger partial charge in [-0.25, -0.2) is 0 Å². The Morgan fingerprint density at radius 2 is 2.00 bits per heavy atom. The number of allylic oxidation sites excluding steroid dienone is 5. The average molecular weight is 195 g/mol. The molecule has 2 heteroatoms. The van der Waals surface area contributed by atoms with Gasteiger partial charge in [0.25, 0.3) is 0 Å². The fourth-order valence-corrected chi connectivity index (χ4v) is 0.886. The van der Waals surface area contributed by atoms with Gasteiger partial charge in [-0.15, -0.1) is 0 Å². The highest BCUT2D eigenvalue weighted by Crippen LogP contribution is 2.06. The Kier molecular flexibility index (Phi) is 6.85. The second kappa shape index (κ2) is 7.39. The fraction of sp³-hybridized carbons (Fsp3) is 0.500. The molecule has 2 N–H and O–H groups in total. The molecule has 0 aliphatic rings. The molecule has 80 valence electrons. The summed E-state index contributed by atoms with van der Waals surface area (Å²) in [6.07, 6.45) is 5.03. The highest BCUT2D eigenvalue weighted by molar-refractivity contribution is 5.28. The molecule has 0 bridgehead atoms. The molecule has 0 aliphatic heterocycles. The summed E-state index contributed by atoms with van der Waals surface area (Å²) in [5.41, 5.74) is 3.40. The molecule has 0 spiro atoms. The molecule has 0 aromatic heterocycles. The lowest BCUT2D eigenvalue weighted by atomic mass is 10.1. The lowest BCUT2D eigenvalue weighted by molar-refractivity contribution is 0.296. The highest BCUT2D eigenvalue weighted by Gasteiger charge is 1.91. The molecule has 0 unspecified atom stereocenters. The molecular weight excluding hydrogens is 174 g/mol. The predicted molar refractivity (Wildman–Crippen MR) is 62.0 cm³/mol. The van der Waals surface area contributed by atoms with Crippen molar-refractivity contribution in [1.82, 2.24) is 5.32 Å². The van der Waals surface area contributed by atoms with Gasteiger partial charge in [-0.3, -0.25) is 0 Å². The van der Waals surface area contributed by atoms with Crippen molar-refractivity contribution >= 4 is 0 Å². The Labute approximate surface area is 87.0 Å². The minimum atomic E-state index is 0.167. The van der Waals surface area contributed by atoms with Crippen LogP contribution in [0, 0.1) is 0 Å². The Morgan fingerprint density at radius 3 is 2.43 bits per heavy atom. The van der Waals surface area contributed by atoms with E-state index in [1.165, 1.54) is 5.57 Å². The van der Waals surface area contributed by atoms with Crippen LogP contribution in [0.2, 0.25) is 0 Å². The first-order valence-electron chi connectivity index (χ1n) is 4.99. The van der Waals surface area contributed by atoms with E-state index in [9.17, 15) is 0 Å². The van der Waals surface area contributed by atoms with Crippen LogP contribution in [0.4, 0.5) is 0 Å². The average Bonchev–Trinajstić information content (AvgIpc) is 2.17. The van der Waals surface area contributed by atoms with Crippen LogP contribution >= 0.6 is 0 Å². The molecule has 0 rings (SSSR count). The van der Waals surface area contributed by atoms with Gasteiger partial charge in [0.2, 0.25) is 0 Å². The van der Waals surface area contributed by atoms with Crippen LogP contribution in [0.25, 0.3) is 0 Å². The number of nitrogens with one attached hydrogen (secondary N) is 1. The fourth-order valence-electron chi connectivity index (χ4n) is 0.886. The molecule has 2 nitrogen and oxygen atoms in total. The van der Waals surface area contributed by atoms with Crippen molar-refractivity contribution in [2.45, 2.75) is 27.2 Å².